The lowest BCUT2D eigenvalue weighted by Crippen LogP contribution is -2.16. The minimum Gasteiger partial charge on any atom is -0.494 e. The van der Waals surface area contributed by atoms with E-state index in [1.54, 1.807) is 12.1 Å². The highest BCUT2D eigenvalue weighted by atomic mass is 79.9. The predicted octanol–water partition coefficient (Wildman–Crippen LogP) is 5.52. The van der Waals surface area contributed by atoms with E-state index >= 15 is 0 Å². The molecule has 0 spiro atoms. The Kier molecular flexibility index (Phi) is 6.74. The number of hydrogen-bond donors (Lipinski definition) is 1. The Balaban J connectivity index is 1.75. The molecule has 0 radical (unpaired) electrons. The van der Waals surface area contributed by atoms with Crippen molar-refractivity contribution < 1.29 is 18.7 Å². The van der Waals surface area contributed by atoms with Gasteiger partial charge in [-0.2, -0.15) is 5.10 Å². The molecule has 0 bridgehead atoms. The summed E-state index contributed by atoms with van der Waals surface area (Å²) in [5.74, 6) is 1.07. The van der Waals surface area contributed by atoms with Crippen LogP contribution in [0.25, 0.3) is 11.0 Å². The first kappa shape index (κ1) is 20.4. The molecule has 0 saturated heterocycles. The standard InChI is InChI=1S/C20H18Br2N2O4/c1-3-26-15-6-5-12(17(10-15)27-4-2)11-23-24-20(25)18-8-13-7-14(21)9-16(22)19(13)28-18/h5-11H,3-4H2,1-2H3,(H,24,25)/b23-11-. The molecule has 28 heavy (non-hydrogen) atoms. The fraction of sp³-hybridized carbons (Fsp3) is 0.200. The Hall–Kier alpha value is -2.32. The number of halogens is 2. The average Bonchev–Trinajstić information content (AvgIpc) is 3.08. The Morgan fingerprint density at radius 1 is 1.14 bits per heavy atom. The monoisotopic (exact) mass is 508 g/mol. The van der Waals surface area contributed by atoms with Gasteiger partial charge in [0.05, 0.1) is 23.9 Å². The van der Waals surface area contributed by atoms with E-state index in [0.29, 0.717) is 30.3 Å². The van der Waals surface area contributed by atoms with Gasteiger partial charge in [0.2, 0.25) is 0 Å². The maximum atomic E-state index is 12.4. The first-order valence-electron chi connectivity index (χ1n) is 8.63. The number of nitrogens with zero attached hydrogens (tertiary/aromatic N) is 1. The van der Waals surface area contributed by atoms with Crippen LogP contribution in [0.15, 0.2) is 54.9 Å². The fourth-order valence-corrected chi connectivity index (χ4v) is 3.90. The van der Waals surface area contributed by atoms with Crippen molar-refractivity contribution in [1.82, 2.24) is 5.43 Å². The lowest BCUT2D eigenvalue weighted by molar-refractivity contribution is 0.0929. The van der Waals surface area contributed by atoms with Crippen molar-refractivity contribution in [2.24, 2.45) is 5.10 Å². The molecule has 6 nitrogen and oxygen atoms in total. The maximum Gasteiger partial charge on any atom is 0.307 e. The van der Waals surface area contributed by atoms with Crippen LogP contribution >= 0.6 is 31.9 Å². The van der Waals surface area contributed by atoms with Crippen LogP contribution in [0, 0.1) is 0 Å². The van der Waals surface area contributed by atoms with Crippen molar-refractivity contribution in [3.8, 4) is 11.5 Å². The van der Waals surface area contributed by atoms with Gasteiger partial charge in [-0.05, 0) is 60.1 Å². The maximum absolute atomic E-state index is 12.4. The normalized spacial score (nSPS) is 11.1. The zero-order valence-corrected chi connectivity index (χ0v) is 18.5. The smallest absolute Gasteiger partial charge is 0.307 e. The summed E-state index contributed by atoms with van der Waals surface area (Å²) in [5, 5.41) is 4.83. The van der Waals surface area contributed by atoms with Gasteiger partial charge in [0.15, 0.2) is 5.76 Å². The number of rotatable bonds is 7. The highest BCUT2D eigenvalue weighted by Gasteiger charge is 2.14. The van der Waals surface area contributed by atoms with Crippen LogP contribution in [-0.2, 0) is 0 Å². The number of hydrazone groups is 1. The molecule has 1 amide bonds. The van der Waals surface area contributed by atoms with Gasteiger partial charge >= 0.3 is 5.91 Å². The number of furan rings is 1. The summed E-state index contributed by atoms with van der Waals surface area (Å²) in [5.41, 5.74) is 3.80. The minimum atomic E-state index is -0.445. The average molecular weight is 510 g/mol. The van der Waals surface area contributed by atoms with Crippen LogP contribution < -0.4 is 14.9 Å². The molecule has 3 rings (SSSR count). The third-order valence-electron chi connectivity index (χ3n) is 3.73. The zero-order valence-electron chi connectivity index (χ0n) is 15.3. The van der Waals surface area contributed by atoms with Crippen LogP contribution in [0.4, 0.5) is 0 Å². The van der Waals surface area contributed by atoms with Crippen LogP contribution in [-0.4, -0.2) is 25.3 Å². The van der Waals surface area contributed by atoms with Gasteiger partial charge < -0.3 is 13.9 Å². The number of carbonyl (C=O) groups is 1. The summed E-state index contributed by atoms with van der Waals surface area (Å²) >= 11 is 6.84. The lowest BCUT2D eigenvalue weighted by atomic mass is 10.2. The SMILES string of the molecule is CCOc1ccc(/C=N\NC(=O)c2cc3cc(Br)cc(Br)c3o2)c(OCC)c1. The van der Waals surface area contributed by atoms with Crippen molar-refractivity contribution in [3.63, 3.8) is 0 Å². The molecule has 0 saturated carbocycles. The molecule has 1 heterocycles. The van der Waals surface area contributed by atoms with Crippen molar-refractivity contribution in [2.75, 3.05) is 13.2 Å². The molecular weight excluding hydrogens is 492 g/mol. The molecular formula is C20H18Br2N2O4. The second kappa shape index (κ2) is 9.25. The van der Waals surface area contributed by atoms with Gasteiger partial charge in [-0.25, -0.2) is 5.43 Å². The van der Waals surface area contributed by atoms with E-state index in [4.69, 9.17) is 13.9 Å². The second-order valence-electron chi connectivity index (χ2n) is 5.68. The summed E-state index contributed by atoms with van der Waals surface area (Å²) < 4.78 is 18.4. The summed E-state index contributed by atoms with van der Waals surface area (Å²) in [7, 11) is 0. The van der Waals surface area contributed by atoms with Gasteiger partial charge in [0, 0.05) is 21.5 Å². The molecule has 1 aromatic heterocycles. The third-order valence-corrected chi connectivity index (χ3v) is 4.77. The topological polar surface area (TPSA) is 73.1 Å². The molecule has 0 fully saturated rings. The number of ether oxygens (including phenoxy) is 2. The van der Waals surface area contributed by atoms with Crippen molar-refractivity contribution in [2.45, 2.75) is 13.8 Å². The number of amides is 1. The molecule has 3 aromatic rings. The number of carbonyl (C=O) groups excluding carboxylic acids is 1. The number of benzene rings is 2. The molecule has 0 aliphatic rings. The molecule has 0 aliphatic carbocycles. The van der Waals surface area contributed by atoms with Crippen molar-refractivity contribution in [1.29, 1.82) is 0 Å². The predicted molar refractivity (Wildman–Crippen MR) is 115 cm³/mol. The first-order valence-corrected chi connectivity index (χ1v) is 10.2. The van der Waals surface area contributed by atoms with E-state index in [9.17, 15) is 4.79 Å². The Morgan fingerprint density at radius 3 is 2.68 bits per heavy atom. The van der Waals surface area contributed by atoms with E-state index in [1.165, 1.54) is 6.21 Å². The second-order valence-corrected chi connectivity index (χ2v) is 7.45. The highest BCUT2D eigenvalue weighted by Crippen LogP contribution is 2.31. The summed E-state index contributed by atoms with van der Waals surface area (Å²) in [6, 6.07) is 10.8. The van der Waals surface area contributed by atoms with Gasteiger partial charge in [-0.3, -0.25) is 4.79 Å². The van der Waals surface area contributed by atoms with Gasteiger partial charge in [-0.1, -0.05) is 15.9 Å². The molecule has 1 N–H and O–H groups in total. The lowest BCUT2D eigenvalue weighted by Gasteiger charge is -2.09. The molecule has 0 unspecified atom stereocenters. The molecule has 2 aromatic carbocycles. The van der Waals surface area contributed by atoms with Gasteiger partial charge in [0.1, 0.15) is 17.1 Å². The van der Waals surface area contributed by atoms with Gasteiger partial charge in [0.25, 0.3) is 0 Å². The molecule has 8 heteroatoms. The van der Waals surface area contributed by atoms with Crippen molar-refractivity contribution in [3.05, 3.63) is 56.7 Å². The Bertz CT molecular complexity index is 1030. The van der Waals surface area contributed by atoms with Crippen molar-refractivity contribution >= 4 is 55.0 Å². The van der Waals surface area contributed by atoms with Gasteiger partial charge in [-0.15, -0.1) is 0 Å². The van der Waals surface area contributed by atoms with Crippen LogP contribution in [0.2, 0.25) is 0 Å². The largest absolute Gasteiger partial charge is 0.494 e. The van der Waals surface area contributed by atoms with Crippen LogP contribution in [0.5, 0.6) is 11.5 Å². The van der Waals surface area contributed by atoms with E-state index in [0.717, 1.165) is 19.9 Å². The Labute approximate surface area is 179 Å². The number of fused-ring (bicyclic) bond motifs is 1. The Morgan fingerprint density at radius 2 is 1.93 bits per heavy atom. The number of nitrogens with one attached hydrogen (secondary N) is 1. The zero-order chi connectivity index (χ0) is 20.1. The minimum absolute atomic E-state index is 0.169. The first-order chi connectivity index (χ1) is 13.5. The fourth-order valence-electron chi connectivity index (χ4n) is 2.56. The van der Waals surface area contributed by atoms with E-state index in [-0.39, 0.29) is 5.76 Å². The number of hydrogen-bond acceptors (Lipinski definition) is 5. The molecule has 146 valence electrons. The third kappa shape index (κ3) is 4.74. The van der Waals surface area contributed by atoms with E-state index in [1.807, 2.05) is 38.1 Å². The molecule has 0 atom stereocenters. The van der Waals surface area contributed by atoms with E-state index < -0.39 is 5.91 Å². The summed E-state index contributed by atoms with van der Waals surface area (Å²) in [6.07, 6.45) is 1.52. The highest BCUT2D eigenvalue weighted by molar-refractivity contribution is 9.11. The van der Waals surface area contributed by atoms with E-state index in [2.05, 4.69) is 42.4 Å². The van der Waals surface area contributed by atoms with Crippen LogP contribution in [0.3, 0.4) is 0 Å². The summed E-state index contributed by atoms with van der Waals surface area (Å²) in [4.78, 5) is 12.4. The quantitative estimate of drug-likeness (QED) is 0.336. The summed E-state index contributed by atoms with van der Waals surface area (Å²) in [6.45, 7) is 4.89. The molecule has 0 aliphatic heterocycles. The van der Waals surface area contributed by atoms with Crippen LogP contribution in [0.1, 0.15) is 30.0 Å².